The van der Waals surface area contributed by atoms with Crippen LogP contribution < -0.4 is 5.32 Å². The first-order valence-corrected chi connectivity index (χ1v) is 7.33. The number of piperazine rings is 1. The maximum atomic E-state index is 12.4. The number of likely N-dealkylation sites (tertiary alicyclic amines) is 1. The summed E-state index contributed by atoms with van der Waals surface area (Å²) in [7, 11) is 0. The molecule has 0 radical (unpaired) electrons. The largest absolute Gasteiger partial charge is 0.335 e. The molecule has 0 unspecified atom stereocenters. The van der Waals surface area contributed by atoms with Gasteiger partial charge in [0, 0.05) is 51.0 Å². The summed E-state index contributed by atoms with van der Waals surface area (Å²) in [6.45, 7) is 9.88. The van der Waals surface area contributed by atoms with Crippen LogP contribution in [-0.4, -0.2) is 66.0 Å². The molecule has 0 saturated carbocycles. The molecule has 3 rings (SSSR count). The van der Waals surface area contributed by atoms with Gasteiger partial charge in [0.05, 0.1) is 11.3 Å². The van der Waals surface area contributed by atoms with E-state index >= 15 is 0 Å². The Hall–Kier alpha value is -1.46. The predicted molar refractivity (Wildman–Crippen MR) is 77.8 cm³/mol. The van der Waals surface area contributed by atoms with Crippen molar-refractivity contribution >= 4 is 5.91 Å². The lowest BCUT2D eigenvalue weighted by Gasteiger charge is -2.46. The summed E-state index contributed by atoms with van der Waals surface area (Å²) < 4.78 is 0. The van der Waals surface area contributed by atoms with Crippen LogP contribution in [0.3, 0.4) is 0 Å². The maximum absolute atomic E-state index is 12.4. The average Bonchev–Trinajstić information content (AvgIpc) is 2.38. The molecule has 2 saturated heterocycles. The van der Waals surface area contributed by atoms with E-state index < -0.39 is 0 Å². The number of amides is 1. The van der Waals surface area contributed by atoms with Gasteiger partial charge < -0.3 is 10.2 Å². The van der Waals surface area contributed by atoms with E-state index in [2.05, 4.69) is 15.2 Å². The SMILES string of the molecule is Cc1ccc(C(=O)N2CC(N3CCNCC3)C2)c(C)n1. The van der Waals surface area contributed by atoms with E-state index in [1.54, 1.807) is 0 Å². The summed E-state index contributed by atoms with van der Waals surface area (Å²) in [6, 6.07) is 4.35. The normalized spacial score (nSPS) is 20.8. The second-order valence-electron chi connectivity index (χ2n) is 5.74. The van der Waals surface area contributed by atoms with Crippen LogP contribution in [0.4, 0.5) is 0 Å². The Kier molecular flexibility index (Phi) is 3.72. The van der Waals surface area contributed by atoms with Crippen molar-refractivity contribution in [1.82, 2.24) is 20.1 Å². The van der Waals surface area contributed by atoms with E-state index in [1.165, 1.54) is 0 Å². The Bertz CT molecular complexity index is 505. The van der Waals surface area contributed by atoms with E-state index in [1.807, 2.05) is 30.9 Å². The van der Waals surface area contributed by atoms with Crippen LogP contribution in [0, 0.1) is 13.8 Å². The number of aryl methyl sites for hydroxylation is 2. The van der Waals surface area contributed by atoms with E-state index in [9.17, 15) is 4.79 Å². The molecular formula is C15H22N4O. The lowest BCUT2D eigenvalue weighted by Crippen LogP contribution is -2.63. The highest BCUT2D eigenvalue weighted by Crippen LogP contribution is 2.19. The molecule has 20 heavy (non-hydrogen) atoms. The number of nitrogens with zero attached hydrogens (tertiary/aromatic N) is 3. The fourth-order valence-electron chi connectivity index (χ4n) is 2.98. The topological polar surface area (TPSA) is 48.5 Å². The van der Waals surface area contributed by atoms with Gasteiger partial charge in [0.15, 0.2) is 0 Å². The van der Waals surface area contributed by atoms with E-state index in [0.717, 1.165) is 56.2 Å². The summed E-state index contributed by atoms with van der Waals surface area (Å²) in [5, 5.41) is 3.36. The Labute approximate surface area is 120 Å². The van der Waals surface area contributed by atoms with Crippen molar-refractivity contribution in [2.75, 3.05) is 39.3 Å². The molecular weight excluding hydrogens is 252 g/mol. The third kappa shape index (κ3) is 2.55. The molecule has 5 heteroatoms. The molecule has 1 amide bonds. The quantitative estimate of drug-likeness (QED) is 0.849. The minimum absolute atomic E-state index is 0.126. The smallest absolute Gasteiger partial charge is 0.255 e. The fraction of sp³-hybridized carbons (Fsp3) is 0.600. The first kappa shape index (κ1) is 13.5. The zero-order valence-corrected chi connectivity index (χ0v) is 12.2. The van der Waals surface area contributed by atoms with Crippen molar-refractivity contribution in [3.8, 4) is 0 Å². The van der Waals surface area contributed by atoms with Crippen molar-refractivity contribution in [2.24, 2.45) is 0 Å². The first-order valence-electron chi connectivity index (χ1n) is 7.33. The predicted octanol–water partition coefficient (Wildman–Crippen LogP) is 0.428. The van der Waals surface area contributed by atoms with Gasteiger partial charge in [-0.1, -0.05) is 0 Å². The van der Waals surface area contributed by atoms with Crippen LogP contribution in [0.25, 0.3) is 0 Å². The van der Waals surface area contributed by atoms with Crippen LogP contribution in [0.1, 0.15) is 21.7 Å². The Morgan fingerprint density at radius 2 is 1.95 bits per heavy atom. The molecule has 2 aliphatic heterocycles. The lowest BCUT2D eigenvalue weighted by atomic mass is 10.0. The van der Waals surface area contributed by atoms with Crippen LogP contribution in [0.2, 0.25) is 0 Å². The molecule has 2 aliphatic rings. The van der Waals surface area contributed by atoms with Gasteiger partial charge in [-0.05, 0) is 26.0 Å². The van der Waals surface area contributed by atoms with Gasteiger partial charge in [0.1, 0.15) is 0 Å². The lowest BCUT2D eigenvalue weighted by molar-refractivity contribution is 0.0226. The third-order valence-corrected chi connectivity index (χ3v) is 4.27. The van der Waals surface area contributed by atoms with Crippen molar-refractivity contribution in [3.05, 3.63) is 29.1 Å². The molecule has 2 fully saturated rings. The number of nitrogens with one attached hydrogen (secondary N) is 1. The number of carbonyl (C=O) groups excluding carboxylic acids is 1. The van der Waals surface area contributed by atoms with E-state index in [-0.39, 0.29) is 5.91 Å². The first-order chi connectivity index (χ1) is 9.65. The van der Waals surface area contributed by atoms with Crippen molar-refractivity contribution in [3.63, 3.8) is 0 Å². The average molecular weight is 274 g/mol. The zero-order chi connectivity index (χ0) is 14.1. The van der Waals surface area contributed by atoms with Gasteiger partial charge >= 0.3 is 0 Å². The molecule has 108 valence electrons. The zero-order valence-electron chi connectivity index (χ0n) is 12.2. The van der Waals surface area contributed by atoms with Gasteiger partial charge in [-0.2, -0.15) is 0 Å². The van der Waals surface area contributed by atoms with Crippen molar-refractivity contribution in [2.45, 2.75) is 19.9 Å². The maximum Gasteiger partial charge on any atom is 0.255 e. The molecule has 0 aliphatic carbocycles. The standard InChI is InChI=1S/C15H22N4O/c1-11-3-4-14(12(2)17-11)15(20)19-9-13(10-19)18-7-5-16-6-8-18/h3-4,13,16H,5-10H2,1-2H3. The molecule has 0 bridgehead atoms. The monoisotopic (exact) mass is 274 g/mol. The molecule has 1 N–H and O–H groups in total. The Morgan fingerprint density at radius 1 is 1.25 bits per heavy atom. The molecule has 0 spiro atoms. The Morgan fingerprint density at radius 3 is 2.60 bits per heavy atom. The summed E-state index contributed by atoms with van der Waals surface area (Å²) in [6.07, 6.45) is 0. The second kappa shape index (κ2) is 5.50. The Balaban J connectivity index is 1.60. The number of rotatable bonds is 2. The number of carbonyl (C=O) groups is 1. The minimum atomic E-state index is 0.126. The number of hydrogen-bond acceptors (Lipinski definition) is 4. The highest BCUT2D eigenvalue weighted by molar-refractivity contribution is 5.95. The number of pyridine rings is 1. The number of hydrogen-bond donors (Lipinski definition) is 1. The van der Waals surface area contributed by atoms with Crippen LogP contribution in [0.15, 0.2) is 12.1 Å². The van der Waals surface area contributed by atoms with Crippen LogP contribution >= 0.6 is 0 Å². The van der Waals surface area contributed by atoms with Gasteiger partial charge in [0.25, 0.3) is 5.91 Å². The summed E-state index contributed by atoms with van der Waals surface area (Å²) in [4.78, 5) is 21.2. The second-order valence-corrected chi connectivity index (χ2v) is 5.74. The van der Waals surface area contributed by atoms with Gasteiger partial charge in [0.2, 0.25) is 0 Å². The van der Waals surface area contributed by atoms with E-state index in [0.29, 0.717) is 6.04 Å². The highest BCUT2D eigenvalue weighted by atomic mass is 16.2. The fourth-order valence-corrected chi connectivity index (χ4v) is 2.98. The molecule has 3 heterocycles. The van der Waals surface area contributed by atoms with Crippen molar-refractivity contribution < 1.29 is 4.79 Å². The summed E-state index contributed by atoms with van der Waals surface area (Å²) in [5.41, 5.74) is 2.54. The van der Waals surface area contributed by atoms with Crippen LogP contribution in [-0.2, 0) is 0 Å². The van der Waals surface area contributed by atoms with Gasteiger partial charge in [-0.15, -0.1) is 0 Å². The highest BCUT2D eigenvalue weighted by Gasteiger charge is 2.35. The summed E-state index contributed by atoms with van der Waals surface area (Å²) in [5.74, 6) is 0.126. The van der Waals surface area contributed by atoms with Gasteiger partial charge in [-0.3, -0.25) is 14.7 Å². The molecule has 5 nitrogen and oxygen atoms in total. The van der Waals surface area contributed by atoms with Crippen LogP contribution in [0.5, 0.6) is 0 Å². The third-order valence-electron chi connectivity index (χ3n) is 4.27. The van der Waals surface area contributed by atoms with Gasteiger partial charge in [-0.25, -0.2) is 0 Å². The minimum Gasteiger partial charge on any atom is -0.335 e. The number of aromatic nitrogens is 1. The molecule has 1 aromatic rings. The van der Waals surface area contributed by atoms with E-state index in [4.69, 9.17) is 0 Å². The molecule has 0 aromatic carbocycles. The van der Waals surface area contributed by atoms with Crippen molar-refractivity contribution in [1.29, 1.82) is 0 Å². The molecule has 0 atom stereocenters. The molecule has 1 aromatic heterocycles. The summed E-state index contributed by atoms with van der Waals surface area (Å²) >= 11 is 0.